The Hall–Kier alpha value is -0.540. The van der Waals surface area contributed by atoms with E-state index < -0.39 is 0 Å². The third-order valence-corrected chi connectivity index (χ3v) is 3.87. The zero-order chi connectivity index (χ0) is 13.1. The second kappa shape index (κ2) is 5.87. The van der Waals surface area contributed by atoms with Crippen LogP contribution in [0.25, 0.3) is 0 Å². The monoisotopic (exact) mass is 257 g/mol. The van der Waals surface area contributed by atoms with E-state index in [2.05, 4.69) is 18.9 Å². The van der Waals surface area contributed by atoms with Crippen LogP contribution >= 0.6 is 11.6 Å². The van der Waals surface area contributed by atoms with Crippen molar-refractivity contribution in [1.29, 1.82) is 0 Å². The number of hydrogen-bond acceptors (Lipinski definition) is 2. The Morgan fingerprint density at radius 1 is 1.29 bits per heavy atom. The number of unbranched alkanes of at least 4 members (excludes halogenated alkanes) is 1. The lowest BCUT2D eigenvalue weighted by Gasteiger charge is -2.21. The fourth-order valence-corrected chi connectivity index (χ4v) is 2.00. The van der Waals surface area contributed by atoms with Gasteiger partial charge in [0.2, 0.25) is 0 Å². The minimum atomic E-state index is 0.257. The summed E-state index contributed by atoms with van der Waals surface area (Å²) in [5.41, 5.74) is 7.96. The molecule has 0 spiro atoms. The molecule has 1 aromatic rings. The molecule has 0 aliphatic heterocycles. The van der Waals surface area contributed by atoms with Crippen molar-refractivity contribution >= 4 is 11.6 Å². The van der Waals surface area contributed by atoms with Gasteiger partial charge in [0.15, 0.2) is 0 Å². The Labute approximate surface area is 109 Å². The summed E-state index contributed by atoms with van der Waals surface area (Å²) in [5.74, 6) is 0. The predicted octanol–water partition coefficient (Wildman–Crippen LogP) is 3.31. The topological polar surface area (TPSA) is 43.8 Å². The molecule has 0 saturated heterocycles. The van der Waals surface area contributed by atoms with Crippen molar-refractivity contribution in [3.63, 3.8) is 0 Å². The van der Waals surface area contributed by atoms with E-state index in [0.717, 1.165) is 42.3 Å². The van der Waals surface area contributed by atoms with Crippen LogP contribution in [0.5, 0.6) is 0 Å². The molecule has 1 rings (SSSR count). The van der Waals surface area contributed by atoms with E-state index in [1.165, 1.54) is 6.42 Å². The van der Waals surface area contributed by atoms with Gasteiger partial charge in [0.1, 0.15) is 0 Å². The maximum absolute atomic E-state index is 6.11. The van der Waals surface area contributed by atoms with Crippen LogP contribution in [0.1, 0.15) is 44.5 Å². The number of hydrogen-bond donors (Lipinski definition) is 1. The Kier molecular flexibility index (Phi) is 5.02. The van der Waals surface area contributed by atoms with Crippen LogP contribution in [0.15, 0.2) is 0 Å². The van der Waals surface area contributed by atoms with Gasteiger partial charge in [-0.05, 0) is 38.6 Å². The molecule has 1 aromatic heterocycles. The van der Waals surface area contributed by atoms with Gasteiger partial charge >= 0.3 is 0 Å². The number of aromatic nitrogens is 2. The smallest absolute Gasteiger partial charge is 0.0844 e. The van der Waals surface area contributed by atoms with E-state index in [1.54, 1.807) is 0 Å². The first-order valence-electron chi connectivity index (χ1n) is 6.27. The molecule has 1 heterocycles. The predicted molar refractivity (Wildman–Crippen MR) is 73.4 cm³/mol. The van der Waals surface area contributed by atoms with Crippen molar-refractivity contribution in [2.24, 2.45) is 11.1 Å². The SMILES string of the molecule is Cc1nn(CCCCC(C)(C)CN)c(C)c1Cl. The van der Waals surface area contributed by atoms with E-state index >= 15 is 0 Å². The first kappa shape index (κ1) is 14.5. The highest BCUT2D eigenvalue weighted by Gasteiger charge is 2.15. The molecule has 0 aliphatic carbocycles. The lowest BCUT2D eigenvalue weighted by Crippen LogP contribution is -2.23. The van der Waals surface area contributed by atoms with E-state index in [1.807, 2.05) is 18.5 Å². The Morgan fingerprint density at radius 3 is 2.41 bits per heavy atom. The largest absolute Gasteiger partial charge is 0.330 e. The lowest BCUT2D eigenvalue weighted by molar-refractivity contribution is 0.327. The number of aryl methyl sites for hydroxylation is 2. The highest BCUT2D eigenvalue weighted by atomic mass is 35.5. The molecule has 4 heteroatoms. The fourth-order valence-electron chi connectivity index (χ4n) is 1.86. The van der Waals surface area contributed by atoms with Crippen LogP contribution < -0.4 is 5.73 Å². The molecular formula is C13H24ClN3. The maximum atomic E-state index is 6.11. The Morgan fingerprint density at radius 2 is 1.94 bits per heavy atom. The minimum absolute atomic E-state index is 0.257. The summed E-state index contributed by atoms with van der Waals surface area (Å²) < 4.78 is 2.01. The molecule has 2 N–H and O–H groups in total. The first-order valence-corrected chi connectivity index (χ1v) is 6.65. The number of nitrogens with two attached hydrogens (primary N) is 1. The van der Waals surface area contributed by atoms with Crippen LogP contribution in [-0.4, -0.2) is 16.3 Å². The van der Waals surface area contributed by atoms with E-state index in [0.29, 0.717) is 0 Å². The summed E-state index contributed by atoms with van der Waals surface area (Å²) in [6.45, 7) is 10.1. The molecule has 0 bridgehead atoms. The Bertz CT molecular complexity index is 369. The second-order valence-electron chi connectivity index (χ2n) is 5.53. The molecule has 0 aliphatic rings. The van der Waals surface area contributed by atoms with Gasteiger partial charge in [0.25, 0.3) is 0 Å². The van der Waals surface area contributed by atoms with Gasteiger partial charge in [0.05, 0.1) is 16.4 Å². The molecular weight excluding hydrogens is 234 g/mol. The van der Waals surface area contributed by atoms with Crippen molar-refractivity contribution in [1.82, 2.24) is 9.78 Å². The summed E-state index contributed by atoms with van der Waals surface area (Å²) in [5, 5.41) is 5.22. The molecule has 0 radical (unpaired) electrons. The number of halogens is 1. The Balaban J connectivity index is 2.39. The third kappa shape index (κ3) is 4.00. The molecule has 0 saturated carbocycles. The minimum Gasteiger partial charge on any atom is -0.330 e. The van der Waals surface area contributed by atoms with Crippen molar-refractivity contribution in [2.75, 3.05) is 6.54 Å². The first-order chi connectivity index (χ1) is 7.87. The molecule has 17 heavy (non-hydrogen) atoms. The molecule has 0 unspecified atom stereocenters. The van der Waals surface area contributed by atoms with Gasteiger partial charge < -0.3 is 5.73 Å². The quantitative estimate of drug-likeness (QED) is 0.795. The van der Waals surface area contributed by atoms with Crippen LogP contribution in [0.2, 0.25) is 5.02 Å². The standard InChI is InChI=1S/C13H24ClN3/c1-10-12(14)11(2)17(16-10)8-6-5-7-13(3,4)9-15/h5-9,15H2,1-4H3. The lowest BCUT2D eigenvalue weighted by atomic mass is 9.87. The summed E-state index contributed by atoms with van der Waals surface area (Å²) in [7, 11) is 0. The van der Waals surface area contributed by atoms with Gasteiger partial charge in [-0.2, -0.15) is 5.10 Å². The maximum Gasteiger partial charge on any atom is 0.0844 e. The molecule has 0 aromatic carbocycles. The van der Waals surface area contributed by atoms with Crippen molar-refractivity contribution in [3.8, 4) is 0 Å². The van der Waals surface area contributed by atoms with Crippen molar-refractivity contribution in [2.45, 2.75) is 53.5 Å². The summed E-state index contributed by atoms with van der Waals surface area (Å²) in [4.78, 5) is 0. The molecule has 0 fully saturated rings. The molecule has 98 valence electrons. The molecule has 0 amide bonds. The van der Waals surface area contributed by atoms with Gasteiger partial charge in [-0.25, -0.2) is 0 Å². The average Bonchev–Trinajstić information content (AvgIpc) is 2.52. The number of nitrogens with zero attached hydrogens (tertiary/aromatic N) is 2. The van der Waals surface area contributed by atoms with Gasteiger partial charge in [0, 0.05) is 6.54 Å². The summed E-state index contributed by atoms with van der Waals surface area (Å²) in [6.07, 6.45) is 3.47. The van der Waals surface area contributed by atoms with Crippen LogP contribution in [0.3, 0.4) is 0 Å². The van der Waals surface area contributed by atoms with Crippen LogP contribution in [0, 0.1) is 19.3 Å². The highest BCUT2D eigenvalue weighted by molar-refractivity contribution is 6.31. The zero-order valence-corrected chi connectivity index (χ0v) is 12.1. The second-order valence-corrected chi connectivity index (χ2v) is 5.91. The van der Waals surface area contributed by atoms with E-state index in [4.69, 9.17) is 17.3 Å². The summed E-state index contributed by atoms with van der Waals surface area (Å²) in [6, 6.07) is 0. The van der Waals surface area contributed by atoms with Crippen molar-refractivity contribution in [3.05, 3.63) is 16.4 Å². The van der Waals surface area contributed by atoms with Gasteiger partial charge in [-0.3, -0.25) is 4.68 Å². The number of rotatable bonds is 6. The van der Waals surface area contributed by atoms with Crippen molar-refractivity contribution < 1.29 is 0 Å². The van der Waals surface area contributed by atoms with Gasteiger partial charge in [-0.1, -0.05) is 31.9 Å². The van der Waals surface area contributed by atoms with E-state index in [-0.39, 0.29) is 5.41 Å². The highest BCUT2D eigenvalue weighted by Crippen LogP contribution is 2.23. The average molecular weight is 258 g/mol. The van der Waals surface area contributed by atoms with Gasteiger partial charge in [-0.15, -0.1) is 0 Å². The molecule has 0 atom stereocenters. The fraction of sp³-hybridized carbons (Fsp3) is 0.769. The van der Waals surface area contributed by atoms with Crippen LogP contribution in [-0.2, 0) is 6.54 Å². The van der Waals surface area contributed by atoms with E-state index in [9.17, 15) is 0 Å². The zero-order valence-electron chi connectivity index (χ0n) is 11.4. The summed E-state index contributed by atoms with van der Waals surface area (Å²) >= 11 is 6.11. The van der Waals surface area contributed by atoms with Crippen LogP contribution in [0.4, 0.5) is 0 Å². The normalized spacial score (nSPS) is 12.1. The third-order valence-electron chi connectivity index (χ3n) is 3.32. The molecule has 3 nitrogen and oxygen atoms in total.